The number of rotatable bonds is 5. The minimum absolute atomic E-state index is 0.203. The quantitative estimate of drug-likeness (QED) is 0.850. The van der Waals surface area contributed by atoms with Crippen LogP contribution in [0.15, 0.2) is 18.2 Å². The smallest absolute Gasteiger partial charge is 0.184 e. The van der Waals surface area contributed by atoms with Gasteiger partial charge in [0.25, 0.3) is 0 Å². The zero-order valence-corrected chi connectivity index (χ0v) is 11.9. The number of hydrogen-bond acceptors (Lipinski definition) is 3. The van der Waals surface area contributed by atoms with Crippen molar-refractivity contribution in [1.82, 2.24) is 4.98 Å². The molecule has 1 aromatic carbocycles. The first-order valence-electron chi connectivity index (χ1n) is 6.41. The van der Waals surface area contributed by atoms with Crippen LogP contribution in [0.1, 0.15) is 33.6 Å². The van der Waals surface area contributed by atoms with Gasteiger partial charge in [-0.3, -0.25) is 0 Å². The first-order valence-corrected chi connectivity index (χ1v) is 7.22. The Bertz CT molecular complexity index is 523. The number of nitrogens with zero attached hydrogens (tertiary/aromatic N) is 1. The second kappa shape index (κ2) is 5.65. The molecule has 0 bridgehead atoms. The third-order valence-corrected chi connectivity index (χ3v) is 4.12. The molecule has 98 valence electrons. The number of anilines is 1. The lowest BCUT2D eigenvalue weighted by Crippen LogP contribution is -2.17. The summed E-state index contributed by atoms with van der Waals surface area (Å²) >= 11 is 1.51. The molecule has 4 heteroatoms. The molecule has 2 atom stereocenters. The van der Waals surface area contributed by atoms with Gasteiger partial charge in [-0.15, -0.1) is 0 Å². The van der Waals surface area contributed by atoms with Gasteiger partial charge < -0.3 is 5.32 Å². The average molecular weight is 266 g/mol. The SMILES string of the molecule is CCC(C)CC(C)Nc1nc2ccc(F)cc2s1. The highest BCUT2D eigenvalue weighted by atomic mass is 32.1. The molecule has 18 heavy (non-hydrogen) atoms. The Kier molecular flexibility index (Phi) is 4.17. The van der Waals surface area contributed by atoms with E-state index in [4.69, 9.17) is 0 Å². The van der Waals surface area contributed by atoms with Crippen LogP contribution in [0, 0.1) is 11.7 Å². The van der Waals surface area contributed by atoms with E-state index in [1.807, 2.05) is 0 Å². The van der Waals surface area contributed by atoms with Crippen LogP contribution in [-0.2, 0) is 0 Å². The zero-order valence-electron chi connectivity index (χ0n) is 11.0. The van der Waals surface area contributed by atoms with Gasteiger partial charge >= 0.3 is 0 Å². The molecule has 2 aromatic rings. The molecule has 0 spiro atoms. The van der Waals surface area contributed by atoms with Gasteiger partial charge in [0.2, 0.25) is 0 Å². The maximum atomic E-state index is 13.1. The van der Waals surface area contributed by atoms with Crippen molar-refractivity contribution in [2.75, 3.05) is 5.32 Å². The Morgan fingerprint density at radius 3 is 2.89 bits per heavy atom. The van der Waals surface area contributed by atoms with Gasteiger partial charge in [-0.25, -0.2) is 9.37 Å². The first kappa shape index (κ1) is 13.3. The normalized spacial score (nSPS) is 14.7. The molecule has 0 aliphatic heterocycles. The summed E-state index contributed by atoms with van der Waals surface area (Å²) in [5.74, 6) is 0.504. The maximum absolute atomic E-state index is 13.1. The van der Waals surface area contributed by atoms with Crippen molar-refractivity contribution in [3.05, 3.63) is 24.0 Å². The molecular formula is C14H19FN2S. The summed E-state index contributed by atoms with van der Waals surface area (Å²) < 4.78 is 14.0. The minimum Gasteiger partial charge on any atom is -0.359 e. The molecule has 0 saturated carbocycles. The van der Waals surface area contributed by atoms with Crippen LogP contribution >= 0.6 is 11.3 Å². The lowest BCUT2D eigenvalue weighted by atomic mass is 10.0. The van der Waals surface area contributed by atoms with Crippen LogP contribution in [0.3, 0.4) is 0 Å². The fourth-order valence-corrected chi connectivity index (χ4v) is 3.00. The average Bonchev–Trinajstić information content (AvgIpc) is 2.69. The van der Waals surface area contributed by atoms with Crippen molar-refractivity contribution in [3.8, 4) is 0 Å². The summed E-state index contributed by atoms with van der Waals surface area (Å²) in [4.78, 5) is 4.47. The topological polar surface area (TPSA) is 24.9 Å². The molecule has 0 fully saturated rings. The van der Waals surface area contributed by atoms with E-state index in [1.54, 1.807) is 6.07 Å². The fourth-order valence-electron chi connectivity index (χ4n) is 2.00. The molecule has 2 rings (SSSR count). The van der Waals surface area contributed by atoms with E-state index in [1.165, 1.54) is 29.9 Å². The standard InChI is InChI=1S/C14H19FN2S/c1-4-9(2)7-10(3)16-14-17-12-6-5-11(15)8-13(12)18-14/h5-6,8-10H,4,7H2,1-3H3,(H,16,17). The van der Waals surface area contributed by atoms with Crippen molar-refractivity contribution in [2.45, 2.75) is 39.7 Å². The summed E-state index contributed by atoms with van der Waals surface area (Å²) in [6.45, 7) is 6.63. The third-order valence-electron chi connectivity index (χ3n) is 3.17. The van der Waals surface area contributed by atoms with Gasteiger partial charge in [-0.05, 0) is 37.5 Å². The molecule has 1 aromatic heterocycles. The fraction of sp³-hybridized carbons (Fsp3) is 0.500. The van der Waals surface area contributed by atoms with Crippen LogP contribution in [0.2, 0.25) is 0 Å². The molecule has 0 radical (unpaired) electrons. The second-order valence-electron chi connectivity index (χ2n) is 4.93. The first-order chi connectivity index (χ1) is 8.58. The zero-order chi connectivity index (χ0) is 13.1. The van der Waals surface area contributed by atoms with E-state index in [-0.39, 0.29) is 5.82 Å². The highest BCUT2D eigenvalue weighted by Crippen LogP contribution is 2.27. The molecule has 1 heterocycles. The van der Waals surface area contributed by atoms with E-state index < -0.39 is 0 Å². The molecule has 0 aliphatic carbocycles. The van der Waals surface area contributed by atoms with Crippen molar-refractivity contribution < 1.29 is 4.39 Å². The molecule has 0 amide bonds. The maximum Gasteiger partial charge on any atom is 0.184 e. The number of fused-ring (bicyclic) bond motifs is 1. The van der Waals surface area contributed by atoms with Crippen LogP contribution < -0.4 is 5.32 Å². The Morgan fingerprint density at radius 1 is 1.39 bits per heavy atom. The molecule has 1 N–H and O–H groups in total. The predicted molar refractivity (Wildman–Crippen MR) is 76.7 cm³/mol. The molecular weight excluding hydrogens is 247 g/mol. The Balaban J connectivity index is 2.07. The molecule has 0 aliphatic rings. The van der Waals surface area contributed by atoms with E-state index >= 15 is 0 Å². The van der Waals surface area contributed by atoms with Gasteiger partial charge in [-0.1, -0.05) is 31.6 Å². The van der Waals surface area contributed by atoms with Gasteiger partial charge in [0.15, 0.2) is 5.13 Å². The number of halogens is 1. The van der Waals surface area contributed by atoms with Crippen LogP contribution in [0.5, 0.6) is 0 Å². The van der Waals surface area contributed by atoms with Crippen LogP contribution in [-0.4, -0.2) is 11.0 Å². The van der Waals surface area contributed by atoms with E-state index in [0.29, 0.717) is 12.0 Å². The van der Waals surface area contributed by atoms with Gasteiger partial charge in [0, 0.05) is 6.04 Å². The highest BCUT2D eigenvalue weighted by molar-refractivity contribution is 7.22. The van der Waals surface area contributed by atoms with Crippen LogP contribution in [0.25, 0.3) is 10.2 Å². The van der Waals surface area contributed by atoms with Crippen molar-refractivity contribution in [1.29, 1.82) is 0 Å². The second-order valence-corrected chi connectivity index (χ2v) is 5.96. The number of benzene rings is 1. The summed E-state index contributed by atoms with van der Waals surface area (Å²) in [6.07, 6.45) is 2.32. The number of aromatic nitrogens is 1. The molecule has 2 nitrogen and oxygen atoms in total. The van der Waals surface area contributed by atoms with Crippen molar-refractivity contribution in [2.24, 2.45) is 5.92 Å². The van der Waals surface area contributed by atoms with E-state index in [9.17, 15) is 4.39 Å². The Hall–Kier alpha value is -1.16. The number of nitrogens with one attached hydrogen (secondary N) is 1. The van der Waals surface area contributed by atoms with Gasteiger partial charge in [0.1, 0.15) is 5.82 Å². The monoisotopic (exact) mass is 266 g/mol. The van der Waals surface area contributed by atoms with E-state index in [0.717, 1.165) is 21.8 Å². The number of thiazole rings is 1. The van der Waals surface area contributed by atoms with Gasteiger partial charge in [-0.2, -0.15) is 0 Å². The Morgan fingerprint density at radius 2 is 2.17 bits per heavy atom. The molecule has 2 unspecified atom stereocenters. The largest absolute Gasteiger partial charge is 0.359 e. The summed E-state index contributed by atoms with van der Waals surface area (Å²) in [6, 6.07) is 5.11. The number of hydrogen-bond donors (Lipinski definition) is 1. The molecule has 0 saturated heterocycles. The summed E-state index contributed by atoms with van der Waals surface area (Å²) in [5, 5.41) is 4.28. The van der Waals surface area contributed by atoms with Crippen molar-refractivity contribution >= 4 is 26.7 Å². The minimum atomic E-state index is -0.203. The van der Waals surface area contributed by atoms with Crippen LogP contribution in [0.4, 0.5) is 9.52 Å². The lowest BCUT2D eigenvalue weighted by molar-refractivity contribution is 0.484. The summed E-state index contributed by atoms with van der Waals surface area (Å²) in [7, 11) is 0. The van der Waals surface area contributed by atoms with E-state index in [2.05, 4.69) is 31.1 Å². The highest BCUT2D eigenvalue weighted by Gasteiger charge is 2.10. The third kappa shape index (κ3) is 3.19. The van der Waals surface area contributed by atoms with Crippen molar-refractivity contribution in [3.63, 3.8) is 0 Å². The van der Waals surface area contributed by atoms with Gasteiger partial charge in [0.05, 0.1) is 10.2 Å². The lowest BCUT2D eigenvalue weighted by Gasteiger charge is -2.16. The Labute approximate surface area is 111 Å². The summed E-state index contributed by atoms with van der Waals surface area (Å²) in [5.41, 5.74) is 0.861. The predicted octanol–water partition coefficient (Wildman–Crippen LogP) is 4.67.